The molecule has 1 aromatic heterocycles. The van der Waals surface area contributed by atoms with Gasteiger partial charge in [-0.3, -0.25) is 0 Å². The monoisotopic (exact) mass is 258 g/mol. The first-order valence-corrected chi connectivity index (χ1v) is 7.06. The Hall–Kier alpha value is -1.64. The zero-order valence-corrected chi connectivity index (χ0v) is 11.5. The van der Waals surface area contributed by atoms with Crippen molar-refractivity contribution < 1.29 is 4.39 Å². The zero-order chi connectivity index (χ0) is 13.4. The summed E-state index contributed by atoms with van der Waals surface area (Å²) in [7, 11) is 0. The number of fused-ring (bicyclic) bond motifs is 2. The summed E-state index contributed by atoms with van der Waals surface area (Å²) in [6.45, 7) is 5.09. The minimum absolute atomic E-state index is 0.213. The number of halogens is 1. The molecule has 2 aromatic rings. The number of anilines is 1. The van der Waals surface area contributed by atoms with E-state index in [0.29, 0.717) is 5.52 Å². The van der Waals surface area contributed by atoms with Crippen LogP contribution in [0.5, 0.6) is 0 Å². The Morgan fingerprint density at radius 1 is 1.32 bits per heavy atom. The van der Waals surface area contributed by atoms with Crippen LogP contribution < -0.4 is 5.32 Å². The third-order valence-corrected chi connectivity index (χ3v) is 3.88. The summed E-state index contributed by atoms with van der Waals surface area (Å²) in [5.41, 5.74) is 5.12. The predicted octanol–water partition coefficient (Wildman–Crippen LogP) is 3.99. The Labute approximate surface area is 113 Å². The molecule has 0 unspecified atom stereocenters. The molecular weight excluding hydrogens is 239 g/mol. The molecule has 0 atom stereocenters. The topological polar surface area (TPSA) is 24.9 Å². The van der Waals surface area contributed by atoms with Crippen molar-refractivity contribution in [3.8, 4) is 0 Å². The van der Waals surface area contributed by atoms with Gasteiger partial charge >= 0.3 is 0 Å². The first-order valence-electron chi connectivity index (χ1n) is 7.06. The molecule has 1 aliphatic rings. The van der Waals surface area contributed by atoms with Crippen molar-refractivity contribution in [1.29, 1.82) is 0 Å². The largest absolute Gasteiger partial charge is 0.384 e. The summed E-state index contributed by atoms with van der Waals surface area (Å²) < 4.78 is 14.0. The van der Waals surface area contributed by atoms with Gasteiger partial charge in [0.25, 0.3) is 0 Å². The van der Waals surface area contributed by atoms with Gasteiger partial charge in [-0.25, -0.2) is 9.37 Å². The van der Waals surface area contributed by atoms with Crippen LogP contribution in [0.4, 0.5) is 10.1 Å². The van der Waals surface area contributed by atoms with Gasteiger partial charge in [0.2, 0.25) is 0 Å². The molecule has 0 fully saturated rings. The van der Waals surface area contributed by atoms with Crippen molar-refractivity contribution in [2.45, 2.75) is 39.5 Å². The lowest BCUT2D eigenvalue weighted by Gasteiger charge is -2.16. The maximum absolute atomic E-state index is 14.0. The fourth-order valence-electron chi connectivity index (χ4n) is 2.94. The van der Waals surface area contributed by atoms with Crippen molar-refractivity contribution in [1.82, 2.24) is 4.98 Å². The summed E-state index contributed by atoms with van der Waals surface area (Å²) in [5, 5.41) is 4.47. The van der Waals surface area contributed by atoms with E-state index in [0.717, 1.165) is 54.6 Å². The molecule has 0 amide bonds. The molecule has 100 valence electrons. The Bertz CT molecular complexity index is 634. The van der Waals surface area contributed by atoms with E-state index in [1.54, 1.807) is 0 Å². The first-order chi connectivity index (χ1) is 9.22. The van der Waals surface area contributed by atoms with Crippen molar-refractivity contribution in [2.75, 3.05) is 11.9 Å². The number of benzene rings is 1. The van der Waals surface area contributed by atoms with Crippen LogP contribution in [-0.4, -0.2) is 11.5 Å². The molecule has 0 radical (unpaired) electrons. The lowest BCUT2D eigenvalue weighted by atomic mass is 10.0. The van der Waals surface area contributed by atoms with E-state index in [1.807, 2.05) is 13.0 Å². The van der Waals surface area contributed by atoms with Gasteiger partial charge in [-0.2, -0.15) is 0 Å². The molecule has 2 nitrogen and oxygen atoms in total. The highest BCUT2D eigenvalue weighted by Gasteiger charge is 2.21. The standard InChI is InChI=1S/C16H19FN2/c1-3-9-18-15-11-5-4-6-13(11)19-16-12(17)8-7-10(2)14(15)16/h7-8H,3-6,9H2,1-2H3,(H,18,19). The molecule has 1 N–H and O–H groups in total. The van der Waals surface area contributed by atoms with Crippen LogP contribution in [0, 0.1) is 12.7 Å². The van der Waals surface area contributed by atoms with E-state index in [1.165, 1.54) is 11.6 Å². The number of pyridine rings is 1. The van der Waals surface area contributed by atoms with Crippen LogP contribution in [0.1, 0.15) is 36.6 Å². The molecule has 0 saturated carbocycles. The van der Waals surface area contributed by atoms with E-state index in [2.05, 4.69) is 17.2 Å². The van der Waals surface area contributed by atoms with Crippen LogP contribution in [0.3, 0.4) is 0 Å². The lowest BCUT2D eigenvalue weighted by molar-refractivity contribution is 0.636. The molecule has 19 heavy (non-hydrogen) atoms. The van der Waals surface area contributed by atoms with Gasteiger partial charge in [-0.1, -0.05) is 13.0 Å². The molecule has 3 heteroatoms. The maximum atomic E-state index is 14.0. The number of hydrogen-bond acceptors (Lipinski definition) is 2. The molecule has 1 aliphatic carbocycles. The number of nitrogens with zero attached hydrogens (tertiary/aromatic N) is 1. The summed E-state index contributed by atoms with van der Waals surface area (Å²) >= 11 is 0. The molecule has 1 heterocycles. The zero-order valence-electron chi connectivity index (χ0n) is 11.5. The third kappa shape index (κ3) is 1.97. The van der Waals surface area contributed by atoms with Crippen molar-refractivity contribution >= 4 is 16.6 Å². The fourth-order valence-corrected chi connectivity index (χ4v) is 2.94. The van der Waals surface area contributed by atoms with Gasteiger partial charge in [-0.15, -0.1) is 0 Å². The molecular formula is C16H19FN2. The van der Waals surface area contributed by atoms with Crippen LogP contribution in [0.25, 0.3) is 10.9 Å². The SMILES string of the molecule is CCCNc1c2c(nc3c(F)ccc(C)c13)CCC2. The van der Waals surface area contributed by atoms with E-state index in [9.17, 15) is 4.39 Å². The smallest absolute Gasteiger partial charge is 0.149 e. The highest BCUT2D eigenvalue weighted by molar-refractivity contribution is 5.96. The van der Waals surface area contributed by atoms with Crippen LogP contribution in [-0.2, 0) is 12.8 Å². The Morgan fingerprint density at radius 3 is 2.95 bits per heavy atom. The number of rotatable bonds is 3. The average Bonchev–Trinajstić information content (AvgIpc) is 2.87. The Morgan fingerprint density at radius 2 is 2.16 bits per heavy atom. The highest BCUT2D eigenvalue weighted by Crippen LogP contribution is 2.36. The molecule has 1 aromatic carbocycles. The van der Waals surface area contributed by atoms with Crippen molar-refractivity contribution in [2.24, 2.45) is 0 Å². The number of nitrogens with one attached hydrogen (secondary N) is 1. The highest BCUT2D eigenvalue weighted by atomic mass is 19.1. The van der Waals surface area contributed by atoms with Crippen LogP contribution in [0.15, 0.2) is 12.1 Å². The predicted molar refractivity (Wildman–Crippen MR) is 77.2 cm³/mol. The molecule has 0 bridgehead atoms. The van der Waals surface area contributed by atoms with E-state index in [4.69, 9.17) is 0 Å². The second-order valence-electron chi connectivity index (χ2n) is 5.28. The third-order valence-electron chi connectivity index (χ3n) is 3.88. The fraction of sp³-hybridized carbons (Fsp3) is 0.438. The number of aromatic nitrogens is 1. The molecule has 0 spiro atoms. The minimum Gasteiger partial charge on any atom is -0.384 e. The number of hydrogen-bond donors (Lipinski definition) is 1. The van der Waals surface area contributed by atoms with Crippen LogP contribution in [0.2, 0.25) is 0 Å². The molecule has 0 saturated heterocycles. The second-order valence-corrected chi connectivity index (χ2v) is 5.28. The Kier molecular flexibility index (Phi) is 3.13. The van der Waals surface area contributed by atoms with Gasteiger partial charge in [0, 0.05) is 23.3 Å². The normalized spacial score (nSPS) is 13.8. The average molecular weight is 258 g/mol. The van der Waals surface area contributed by atoms with E-state index in [-0.39, 0.29) is 5.82 Å². The van der Waals surface area contributed by atoms with Crippen LogP contribution >= 0.6 is 0 Å². The quantitative estimate of drug-likeness (QED) is 0.900. The summed E-state index contributed by atoms with van der Waals surface area (Å²) in [6, 6.07) is 3.37. The van der Waals surface area contributed by atoms with Gasteiger partial charge in [0.1, 0.15) is 11.3 Å². The van der Waals surface area contributed by atoms with E-state index < -0.39 is 0 Å². The van der Waals surface area contributed by atoms with Gasteiger partial charge in [0.15, 0.2) is 0 Å². The second kappa shape index (κ2) is 4.80. The van der Waals surface area contributed by atoms with Gasteiger partial charge < -0.3 is 5.32 Å². The summed E-state index contributed by atoms with van der Waals surface area (Å²) in [5.74, 6) is -0.213. The molecule has 3 rings (SSSR count). The lowest BCUT2D eigenvalue weighted by Crippen LogP contribution is -2.06. The Balaban J connectivity index is 2.31. The maximum Gasteiger partial charge on any atom is 0.149 e. The minimum atomic E-state index is -0.213. The van der Waals surface area contributed by atoms with Gasteiger partial charge in [-0.05, 0) is 49.8 Å². The number of aryl methyl sites for hydroxylation is 2. The van der Waals surface area contributed by atoms with Crippen molar-refractivity contribution in [3.05, 3.63) is 34.8 Å². The van der Waals surface area contributed by atoms with Gasteiger partial charge in [0.05, 0.1) is 0 Å². The first kappa shape index (κ1) is 12.4. The molecule has 0 aliphatic heterocycles. The van der Waals surface area contributed by atoms with Crippen molar-refractivity contribution in [3.63, 3.8) is 0 Å². The summed E-state index contributed by atoms with van der Waals surface area (Å²) in [4.78, 5) is 4.57. The summed E-state index contributed by atoms with van der Waals surface area (Å²) in [6.07, 6.45) is 4.22. The van der Waals surface area contributed by atoms with E-state index >= 15 is 0 Å².